The lowest BCUT2D eigenvalue weighted by molar-refractivity contribution is 0.955. The SMILES string of the molecule is Cc1cccc2c3c(c(-c4ccccc4)n12)c1ccccc1n3-c1nc(-c2ccccc2)nc(-c2cccc3c2sc2ccccc23)n1. The fourth-order valence-corrected chi connectivity index (χ4v) is 8.45. The Balaban J connectivity index is 1.35. The van der Waals surface area contributed by atoms with E-state index in [2.05, 4.69) is 143 Å². The van der Waals surface area contributed by atoms with E-state index >= 15 is 0 Å². The van der Waals surface area contributed by atoms with Crippen LogP contribution in [0.15, 0.2) is 146 Å². The van der Waals surface area contributed by atoms with Gasteiger partial charge in [-0.2, -0.15) is 9.97 Å². The van der Waals surface area contributed by atoms with Crippen molar-refractivity contribution >= 4 is 58.8 Å². The van der Waals surface area contributed by atoms with Crippen LogP contribution >= 0.6 is 11.3 Å². The van der Waals surface area contributed by atoms with Gasteiger partial charge >= 0.3 is 0 Å². The number of pyridine rings is 1. The number of aromatic nitrogens is 5. The Hall–Kier alpha value is -6.11. The molecule has 226 valence electrons. The fraction of sp³-hybridized carbons (Fsp3) is 0.0238. The summed E-state index contributed by atoms with van der Waals surface area (Å²) in [5.41, 5.74) is 8.69. The maximum absolute atomic E-state index is 5.34. The number of benzene rings is 5. The monoisotopic (exact) mass is 633 g/mol. The molecule has 48 heavy (non-hydrogen) atoms. The Bertz CT molecular complexity index is 2840. The number of aryl methyl sites for hydroxylation is 1. The maximum atomic E-state index is 5.34. The molecule has 5 nitrogen and oxygen atoms in total. The third-order valence-electron chi connectivity index (χ3n) is 9.31. The van der Waals surface area contributed by atoms with Crippen molar-refractivity contribution in [1.29, 1.82) is 0 Å². The van der Waals surface area contributed by atoms with Gasteiger partial charge in [0.15, 0.2) is 11.6 Å². The first-order chi connectivity index (χ1) is 23.7. The molecule has 0 aliphatic heterocycles. The fourth-order valence-electron chi connectivity index (χ4n) is 7.24. The van der Waals surface area contributed by atoms with Crippen LogP contribution in [0.5, 0.6) is 0 Å². The number of thiophene rings is 1. The molecule has 10 aromatic rings. The number of para-hydroxylation sites is 1. The third-order valence-corrected chi connectivity index (χ3v) is 10.5. The van der Waals surface area contributed by atoms with Crippen molar-refractivity contribution in [3.8, 4) is 40.0 Å². The first-order valence-electron chi connectivity index (χ1n) is 16.1. The van der Waals surface area contributed by atoms with E-state index in [1.165, 1.54) is 31.3 Å². The van der Waals surface area contributed by atoms with E-state index in [4.69, 9.17) is 15.0 Å². The van der Waals surface area contributed by atoms with E-state index in [9.17, 15) is 0 Å². The summed E-state index contributed by atoms with van der Waals surface area (Å²) in [4.78, 5) is 15.7. The van der Waals surface area contributed by atoms with Gasteiger partial charge < -0.3 is 4.40 Å². The lowest BCUT2D eigenvalue weighted by Gasteiger charge is -2.12. The number of rotatable bonds is 4. The molecule has 0 saturated heterocycles. The van der Waals surface area contributed by atoms with Gasteiger partial charge in [0.2, 0.25) is 5.95 Å². The van der Waals surface area contributed by atoms with Crippen molar-refractivity contribution in [2.24, 2.45) is 0 Å². The molecule has 0 aliphatic rings. The van der Waals surface area contributed by atoms with Crippen molar-refractivity contribution in [2.45, 2.75) is 6.92 Å². The molecular formula is C42H27N5S. The van der Waals surface area contributed by atoms with Gasteiger partial charge in [0.25, 0.3) is 0 Å². The molecule has 6 heteroatoms. The zero-order chi connectivity index (χ0) is 31.8. The van der Waals surface area contributed by atoms with Crippen LogP contribution in [0.4, 0.5) is 0 Å². The largest absolute Gasteiger partial charge is 0.311 e. The van der Waals surface area contributed by atoms with E-state index in [1.54, 1.807) is 11.3 Å². The van der Waals surface area contributed by atoms with Gasteiger partial charge in [-0.05, 0) is 42.8 Å². The quantitative estimate of drug-likeness (QED) is 0.194. The number of hydrogen-bond acceptors (Lipinski definition) is 4. The normalized spacial score (nSPS) is 11.9. The summed E-state index contributed by atoms with van der Waals surface area (Å²) in [6, 6.07) is 51.0. The summed E-state index contributed by atoms with van der Waals surface area (Å²) in [5, 5.41) is 4.80. The van der Waals surface area contributed by atoms with Gasteiger partial charge in [-0.3, -0.25) is 4.57 Å². The van der Waals surface area contributed by atoms with Crippen LogP contribution in [0, 0.1) is 6.92 Å². The van der Waals surface area contributed by atoms with E-state index in [1.807, 2.05) is 18.2 Å². The standard InChI is InChI=1S/C42H27N5S/c1-26-14-12-24-34-38-36(37(46(26)34)27-15-4-2-5-16-27)31-20-8-10-23-33(31)47(38)42-44-40(28-17-6-3-7-18-28)43-41(45-42)32-22-13-21-30-29-19-9-11-25-35(29)48-39(30)32/h2-25H,1H3. The summed E-state index contributed by atoms with van der Waals surface area (Å²) in [6.45, 7) is 2.17. The maximum Gasteiger partial charge on any atom is 0.238 e. The first-order valence-corrected chi connectivity index (χ1v) is 16.9. The minimum atomic E-state index is 0.594. The van der Waals surface area contributed by atoms with Crippen LogP contribution < -0.4 is 0 Å². The van der Waals surface area contributed by atoms with Crippen LogP contribution in [0.2, 0.25) is 0 Å². The molecule has 0 aliphatic carbocycles. The summed E-state index contributed by atoms with van der Waals surface area (Å²) < 4.78 is 7.05. The summed E-state index contributed by atoms with van der Waals surface area (Å²) >= 11 is 1.79. The molecule has 10 rings (SSSR count). The summed E-state index contributed by atoms with van der Waals surface area (Å²) in [6.07, 6.45) is 0. The van der Waals surface area contributed by atoms with E-state index in [0.717, 1.165) is 44.3 Å². The summed E-state index contributed by atoms with van der Waals surface area (Å²) in [5.74, 6) is 1.89. The minimum absolute atomic E-state index is 0.594. The van der Waals surface area contributed by atoms with Crippen molar-refractivity contribution in [2.75, 3.05) is 0 Å². The molecule has 0 atom stereocenters. The second kappa shape index (κ2) is 10.5. The molecule has 0 fully saturated rings. The van der Waals surface area contributed by atoms with Crippen LogP contribution in [0.1, 0.15) is 5.69 Å². The van der Waals surface area contributed by atoms with Crippen LogP contribution in [-0.2, 0) is 0 Å². The van der Waals surface area contributed by atoms with Crippen LogP contribution in [0.25, 0.3) is 87.5 Å². The molecule has 5 aromatic carbocycles. The Labute approximate surface area is 280 Å². The van der Waals surface area contributed by atoms with Gasteiger partial charge in [-0.25, -0.2) is 4.98 Å². The van der Waals surface area contributed by atoms with Gasteiger partial charge in [0.05, 0.1) is 22.2 Å². The predicted octanol–water partition coefficient (Wildman–Crippen LogP) is 10.9. The van der Waals surface area contributed by atoms with E-state index in [0.29, 0.717) is 17.6 Å². The zero-order valence-corrected chi connectivity index (χ0v) is 26.8. The third kappa shape index (κ3) is 3.93. The number of hydrogen-bond donors (Lipinski definition) is 0. The van der Waals surface area contributed by atoms with Gasteiger partial charge in [-0.1, -0.05) is 115 Å². The number of fused-ring (bicyclic) bond motifs is 8. The van der Waals surface area contributed by atoms with Crippen LogP contribution in [0.3, 0.4) is 0 Å². The Kier molecular flexibility index (Phi) is 5.89. The van der Waals surface area contributed by atoms with Crippen molar-refractivity contribution in [3.05, 3.63) is 151 Å². The molecule has 0 N–H and O–H groups in total. The zero-order valence-electron chi connectivity index (χ0n) is 26.0. The molecule has 5 heterocycles. The van der Waals surface area contributed by atoms with Crippen molar-refractivity contribution in [1.82, 2.24) is 23.9 Å². The average molecular weight is 634 g/mol. The second-order valence-corrected chi connectivity index (χ2v) is 13.2. The molecule has 5 aromatic heterocycles. The Morgan fingerprint density at radius 1 is 0.521 bits per heavy atom. The van der Waals surface area contributed by atoms with Gasteiger partial charge in [0, 0.05) is 47.8 Å². The van der Waals surface area contributed by atoms with Gasteiger partial charge in [-0.15, -0.1) is 11.3 Å². The molecule has 0 spiro atoms. The van der Waals surface area contributed by atoms with E-state index < -0.39 is 0 Å². The van der Waals surface area contributed by atoms with E-state index in [-0.39, 0.29) is 0 Å². The highest BCUT2D eigenvalue weighted by atomic mass is 32.1. The Morgan fingerprint density at radius 2 is 1.17 bits per heavy atom. The molecule has 0 radical (unpaired) electrons. The highest BCUT2D eigenvalue weighted by molar-refractivity contribution is 7.26. The molecule has 0 bridgehead atoms. The molecular weight excluding hydrogens is 607 g/mol. The lowest BCUT2D eigenvalue weighted by Crippen LogP contribution is -2.06. The summed E-state index contributed by atoms with van der Waals surface area (Å²) in [7, 11) is 0. The van der Waals surface area contributed by atoms with Crippen molar-refractivity contribution < 1.29 is 0 Å². The highest BCUT2D eigenvalue weighted by Crippen LogP contribution is 2.44. The number of nitrogens with zero attached hydrogens (tertiary/aromatic N) is 5. The molecule has 0 amide bonds. The topological polar surface area (TPSA) is 48.0 Å². The average Bonchev–Trinajstić information content (AvgIpc) is 3.80. The molecule has 0 unspecified atom stereocenters. The van der Waals surface area contributed by atoms with Crippen LogP contribution in [-0.4, -0.2) is 23.9 Å². The highest BCUT2D eigenvalue weighted by Gasteiger charge is 2.25. The molecule has 0 saturated carbocycles. The first kappa shape index (κ1) is 27.0. The smallest absolute Gasteiger partial charge is 0.238 e. The van der Waals surface area contributed by atoms with Gasteiger partial charge in [0.1, 0.15) is 0 Å². The Morgan fingerprint density at radius 3 is 2.00 bits per heavy atom. The van der Waals surface area contributed by atoms with Crippen molar-refractivity contribution in [3.63, 3.8) is 0 Å². The second-order valence-electron chi connectivity index (χ2n) is 12.1. The minimum Gasteiger partial charge on any atom is -0.311 e. The lowest BCUT2D eigenvalue weighted by atomic mass is 10.1. The predicted molar refractivity (Wildman–Crippen MR) is 199 cm³/mol.